The molecule has 22 heavy (non-hydrogen) atoms. The van der Waals surface area contributed by atoms with E-state index in [2.05, 4.69) is 15.3 Å². The zero-order valence-electron chi connectivity index (χ0n) is 13.0. The van der Waals surface area contributed by atoms with Crippen LogP contribution in [0.25, 0.3) is 0 Å². The zero-order valence-corrected chi connectivity index (χ0v) is 13.0. The Bertz CT molecular complexity index is 509. The Morgan fingerprint density at radius 2 is 2.18 bits per heavy atom. The molecule has 1 amide bonds. The van der Waals surface area contributed by atoms with Gasteiger partial charge in [0.15, 0.2) is 0 Å². The smallest absolute Gasteiger partial charge is 0.310 e. The van der Waals surface area contributed by atoms with Gasteiger partial charge in [0.2, 0.25) is 11.9 Å². The largest absolute Gasteiger partial charge is 0.466 e. The Labute approximate surface area is 130 Å². The molecule has 1 fully saturated rings. The third-order valence-corrected chi connectivity index (χ3v) is 3.80. The molecule has 0 spiro atoms. The number of carbonyl (C=O) groups is 2. The van der Waals surface area contributed by atoms with Crippen LogP contribution in [0.2, 0.25) is 0 Å². The fraction of sp³-hybridized carbons (Fsp3) is 0.600. The maximum absolute atomic E-state index is 12.3. The number of hydrogen-bond acceptors (Lipinski definition) is 6. The number of nitrogens with one attached hydrogen (secondary N) is 1. The molecule has 2 atom stereocenters. The standard InChI is InChI=1S/C15H22N4O3/c1-3-22-14(21)12-6-4-9-19(10-12)11(2)13(20)18-15-16-7-5-8-17-15/h5,7-8,11-12H,3-4,6,9-10H2,1-2H3,(H,16,17,18,20)/t11-,12-/m1/s1. The summed E-state index contributed by atoms with van der Waals surface area (Å²) in [7, 11) is 0. The monoisotopic (exact) mass is 306 g/mol. The van der Waals surface area contributed by atoms with Gasteiger partial charge in [0.25, 0.3) is 0 Å². The summed E-state index contributed by atoms with van der Waals surface area (Å²) in [6.45, 7) is 5.35. The SMILES string of the molecule is CCOC(=O)[C@@H]1CCCN([C@H](C)C(=O)Nc2ncccn2)C1. The van der Waals surface area contributed by atoms with Crippen LogP contribution in [-0.4, -0.2) is 52.5 Å². The predicted octanol–water partition coefficient (Wildman–Crippen LogP) is 1.08. The number of esters is 1. The summed E-state index contributed by atoms with van der Waals surface area (Å²) in [5.41, 5.74) is 0. The molecule has 1 aromatic rings. The Kier molecular flexibility index (Phi) is 5.83. The van der Waals surface area contributed by atoms with Gasteiger partial charge in [0.05, 0.1) is 18.6 Å². The topological polar surface area (TPSA) is 84.4 Å². The number of hydrogen-bond donors (Lipinski definition) is 1. The van der Waals surface area contributed by atoms with Gasteiger partial charge in [-0.25, -0.2) is 9.97 Å². The van der Waals surface area contributed by atoms with Crippen molar-refractivity contribution in [2.24, 2.45) is 5.92 Å². The first kappa shape index (κ1) is 16.4. The first-order valence-corrected chi connectivity index (χ1v) is 7.60. The average Bonchev–Trinajstić information content (AvgIpc) is 2.55. The molecule has 1 saturated heterocycles. The van der Waals surface area contributed by atoms with Gasteiger partial charge in [-0.3, -0.25) is 19.8 Å². The molecule has 0 unspecified atom stereocenters. The molecule has 120 valence electrons. The van der Waals surface area contributed by atoms with Gasteiger partial charge in [-0.15, -0.1) is 0 Å². The molecule has 0 aliphatic carbocycles. The quantitative estimate of drug-likeness (QED) is 0.819. The van der Waals surface area contributed by atoms with Gasteiger partial charge in [-0.05, 0) is 39.3 Å². The van der Waals surface area contributed by atoms with E-state index in [4.69, 9.17) is 4.74 Å². The lowest BCUT2D eigenvalue weighted by atomic mass is 9.97. The van der Waals surface area contributed by atoms with E-state index >= 15 is 0 Å². The van der Waals surface area contributed by atoms with Gasteiger partial charge in [0, 0.05) is 18.9 Å². The van der Waals surface area contributed by atoms with Crippen LogP contribution in [0.3, 0.4) is 0 Å². The second-order valence-corrected chi connectivity index (χ2v) is 5.32. The number of ether oxygens (including phenoxy) is 1. The zero-order chi connectivity index (χ0) is 15.9. The van der Waals surface area contributed by atoms with Gasteiger partial charge in [-0.2, -0.15) is 0 Å². The normalized spacial score (nSPS) is 20.2. The molecule has 0 saturated carbocycles. The van der Waals surface area contributed by atoms with Crippen molar-refractivity contribution < 1.29 is 14.3 Å². The first-order valence-electron chi connectivity index (χ1n) is 7.60. The van der Waals surface area contributed by atoms with Gasteiger partial charge < -0.3 is 4.74 Å². The van der Waals surface area contributed by atoms with Crippen molar-refractivity contribution in [2.75, 3.05) is 25.0 Å². The van der Waals surface area contributed by atoms with Crippen molar-refractivity contribution in [3.8, 4) is 0 Å². The van der Waals surface area contributed by atoms with Gasteiger partial charge in [-0.1, -0.05) is 0 Å². The lowest BCUT2D eigenvalue weighted by Crippen LogP contribution is -2.48. The van der Waals surface area contributed by atoms with Crippen molar-refractivity contribution in [2.45, 2.75) is 32.7 Å². The molecule has 2 heterocycles. The highest BCUT2D eigenvalue weighted by molar-refractivity contribution is 5.93. The summed E-state index contributed by atoms with van der Waals surface area (Å²) >= 11 is 0. The van der Waals surface area contributed by atoms with Crippen LogP contribution >= 0.6 is 0 Å². The van der Waals surface area contributed by atoms with Crippen molar-refractivity contribution >= 4 is 17.8 Å². The molecule has 7 nitrogen and oxygen atoms in total. The molecule has 1 aliphatic heterocycles. The molecular weight excluding hydrogens is 284 g/mol. The Morgan fingerprint density at radius 1 is 1.45 bits per heavy atom. The van der Waals surface area contributed by atoms with E-state index in [-0.39, 0.29) is 23.8 Å². The molecular formula is C15H22N4O3. The summed E-state index contributed by atoms with van der Waals surface area (Å²) in [6, 6.07) is 1.34. The highest BCUT2D eigenvalue weighted by atomic mass is 16.5. The van der Waals surface area contributed by atoms with E-state index in [0.717, 1.165) is 19.4 Å². The van der Waals surface area contributed by atoms with Crippen LogP contribution in [0, 0.1) is 5.92 Å². The van der Waals surface area contributed by atoms with Crippen LogP contribution in [-0.2, 0) is 14.3 Å². The molecule has 2 rings (SSSR count). The highest BCUT2D eigenvalue weighted by Gasteiger charge is 2.31. The highest BCUT2D eigenvalue weighted by Crippen LogP contribution is 2.20. The number of likely N-dealkylation sites (tertiary alicyclic amines) is 1. The number of aromatic nitrogens is 2. The van der Waals surface area contributed by atoms with E-state index in [0.29, 0.717) is 19.1 Å². The van der Waals surface area contributed by atoms with E-state index in [9.17, 15) is 9.59 Å². The molecule has 0 aromatic carbocycles. The van der Waals surface area contributed by atoms with Crippen LogP contribution in [0.15, 0.2) is 18.5 Å². The average molecular weight is 306 g/mol. The van der Waals surface area contributed by atoms with Crippen LogP contribution < -0.4 is 5.32 Å². The maximum Gasteiger partial charge on any atom is 0.310 e. The summed E-state index contributed by atoms with van der Waals surface area (Å²) in [5, 5.41) is 2.69. The number of amides is 1. The molecule has 7 heteroatoms. The maximum atomic E-state index is 12.3. The second kappa shape index (κ2) is 7.84. The van der Waals surface area contributed by atoms with Crippen LogP contribution in [0.4, 0.5) is 5.95 Å². The Morgan fingerprint density at radius 3 is 2.86 bits per heavy atom. The van der Waals surface area contributed by atoms with Crippen LogP contribution in [0.5, 0.6) is 0 Å². The fourth-order valence-corrected chi connectivity index (χ4v) is 2.55. The Balaban J connectivity index is 1.92. The van der Waals surface area contributed by atoms with E-state index in [1.54, 1.807) is 25.4 Å². The summed E-state index contributed by atoms with van der Waals surface area (Å²) < 4.78 is 5.08. The Hall–Kier alpha value is -2.02. The van der Waals surface area contributed by atoms with Crippen molar-refractivity contribution in [1.82, 2.24) is 14.9 Å². The lowest BCUT2D eigenvalue weighted by Gasteiger charge is -2.34. The minimum atomic E-state index is -0.346. The number of piperidine rings is 1. The third kappa shape index (κ3) is 4.24. The molecule has 0 radical (unpaired) electrons. The van der Waals surface area contributed by atoms with Crippen molar-refractivity contribution in [3.63, 3.8) is 0 Å². The van der Waals surface area contributed by atoms with Crippen molar-refractivity contribution in [3.05, 3.63) is 18.5 Å². The minimum Gasteiger partial charge on any atom is -0.466 e. The molecule has 1 aliphatic rings. The predicted molar refractivity (Wildman–Crippen MR) is 81.1 cm³/mol. The molecule has 0 bridgehead atoms. The van der Waals surface area contributed by atoms with Gasteiger partial charge >= 0.3 is 5.97 Å². The summed E-state index contributed by atoms with van der Waals surface area (Å²) in [4.78, 5) is 34.1. The van der Waals surface area contributed by atoms with Gasteiger partial charge in [0.1, 0.15) is 0 Å². The molecule has 1 aromatic heterocycles. The van der Waals surface area contributed by atoms with E-state index < -0.39 is 0 Å². The van der Waals surface area contributed by atoms with E-state index in [1.165, 1.54) is 0 Å². The van der Waals surface area contributed by atoms with E-state index in [1.807, 2.05) is 11.8 Å². The number of nitrogens with zero attached hydrogens (tertiary/aromatic N) is 3. The third-order valence-electron chi connectivity index (χ3n) is 3.80. The number of carbonyl (C=O) groups excluding carboxylic acids is 2. The summed E-state index contributed by atoms with van der Waals surface area (Å²) in [6.07, 6.45) is 4.84. The lowest BCUT2D eigenvalue weighted by molar-refractivity contribution is -0.150. The van der Waals surface area contributed by atoms with Crippen molar-refractivity contribution in [1.29, 1.82) is 0 Å². The second-order valence-electron chi connectivity index (χ2n) is 5.32. The number of anilines is 1. The fourth-order valence-electron chi connectivity index (χ4n) is 2.55. The summed E-state index contributed by atoms with van der Waals surface area (Å²) in [5.74, 6) is -0.211. The first-order chi connectivity index (χ1) is 10.6. The molecule has 1 N–H and O–H groups in total. The van der Waals surface area contributed by atoms with Crippen LogP contribution in [0.1, 0.15) is 26.7 Å². The minimum absolute atomic E-state index is 0.156. The number of rotatable bonds is 5.